The second kappa shape index (κ2) is 13.5. The molecular weight excluding hydrogens is 524 g/mol. The molecule has 4 rings (SSSR count). The highest BCUT2D eigenvalue weighted by atomic mass is 16.6. The Hall–Kier alpha value is -5.50. The van der Waals surface area contributed by atoms with Crippen LogP contribution in [0.5, 0.6) is 17.2 Å². The lowest BCUT2D eigenvalue weighted by molar-refractivity contribution is -0.171. The first-order valence-electron chi connectivity index (χ1n) is 12.6. The quantitative estimate of drug-likeness (QED) is 0.105. The van der Waals surface area contributed by atoms with E-state index in [-0.39, 0.29) is 29.4 Å². The monoisotopic (exact) mass is 550 g/mol. The number of carbonyl (C=O) groups is 4. The van der Waals surface area contributed by atoms with Crippen molar-refractivity contribution in [1.82, 2.24) is 0 Å². The third-order valence-electron chi connectivity index (χ3n) is 5.89. The molecule has 0 saturated heterocycles. The van der Waals surface area contributed by atoms with E-state index in [2.05, 4.69) is 6.58 Å². The van der Waals surface area contributed by atoms with Crippen LogP contribution in [-0.2, 0) is 30.5 Å². The summed E-state index contributed by atoms with van der Waals surface area (Å²) in [6.07, 6.45) is -0.830. The van der Waals surface area contributed by atoms with Crippen LogP contribution in [0, 0.1) is 5.41 Å². The predicted octanol–water partition coefficient (Wildman–Crippen LogP) is 5.48. The lowest BCUT2D eigenvalue weighted by atomic mass is 9.81. The number of benzene rings is 4. The fraction of sp³-hybridized carbons (Fsp3) is 0.0909. The Labute approximate surface area is 236 Å². The topological polar surface area (TPSA) is 105 Å². The van der Waals surface area contributed by atoms with E-state index in [1.165, 1.54) is 36.4 Å². The molecular formula is C33H26O8. The third-order valence-corrected chi connectivity index (χ3v) is 5.89. The molecule has 0 unspecified atom stereocenters. The average Bonchev–Trinajstić information content (AvgIpc) is 3.00. The molecule has 0 saturated carbocycles. The Morgan fingerprint density at radius 1 is 0.537 bits per heavy atom. The molecule has 0 spiro atoms. The number of hydrogen-bond donors (Lipinski definition) is 0. The third kappa shape index (κ3) is 7.33. The van der Waals surface area contributed by atoms with Gasteiger partial charge in [0.05, 0.1) is 0 Å². The first kappa shape index (κ1) is 28.5. The van der Waals surface area contributed by atoms with Crippen LogP contribution in [0.25, 0.3) is 0 Å². The highest BCUT2D eigenvalue weighted by Crippen LogP contribution is 2.34. The number of esters is 4. The minimum absolute atomic E-state index is 0.0548. The zero-order valence-electron chi connectivity index (χ0n) is 21.9. The van der Waals surface area contributed by atoms with Gasteiger partial charge < -0.3 is 18.9 Å². The van der Waals surface area contributed by atoms with Crippen LogP contribution < -0.4 is 14.2 Å². The van der Waals surface area contributed by atoms with Crippen LogP contribution >= 0.6 is 0 Å². The van der Waals surface area contributed by atoms with E-state index >= 15 is 0 Å². The molecule has 0 N–H and O–H groups in total. The van der Waals surface area contributed by atoms with Gasteiger partial charge >= 0.3 is 23.9 Å². The molecule has 0 aliphatic heterocycles. The Morgan fingerprint density at radius 2 is 0.878 bits per heavy atom. The van der Waals surface area contributed by atoms with E-state index in [9.17, 15) is 19.2 Å². The van der Waals surface area contributed by atoms with Gasteiger partial charge in [-0.15, -0.1) is 0 Å². The second-order valence-corrected chi connectivity index (χ2v) is 8.86. The highest BCUT2D eigenvalue weighted by molar-refractivity contribution is 6.20. The molecule has 8 nitrogen and oxygen atoms in total. The smallest absolute Gasteiger partial charge is 0.340 e. The second-order valence-electron chi connectivity index (χ2n) is 8.86. The van der Waals surface area contributed by atoms with Crippen LogP contribution in [0.4, 0.5) is 0 Å². The molecule has 0 amide bonds. The molecule has 8 heteroatoms. The van der Waals surface area contributed by atoms with Gasteiger partial charge in [-0.1, -0.05) is 91.5 Å². The Balaban J connectivity index is 1.71. The van der Waals surface area contributed by atoms with Crippen molar-refractivity contribution >= 4 is 23.9 Å². The van der Waals surface area contributed by atoms with Crippen molar-refractivity contribution < 1.29 is 38.1 Å². The SMILES string of the molecule is C=C(CC(C(=O)Oc1ccccc1)(C(=O)Oc1ccccc1)C(=O)Oc1ccccc1)C(=O)OCc1ccccc1. The van der Waals surface area contributed by atoms with E-state index in [1.54, 1.807) is 78.9 Å². The number of para-hydroxylation sites is 3. The fourth-order valence-corrected chi connectivity index (χ4v) is 3.73. The molecule has 206 valence electrons. The average molecular weight is 551 g/mol. The molecule has 41 heavy (non-hydrogen) atoms. The molecule has 4 aromatic carbocycles. The summed E-state index contributed by atoms with van der Waals surface area (Å²) in [5.74, 6) is -4.71. The summed E-state index contributed by atoms with van der Waals surface area (Å²) in [6.45, 7) is 3.63. The van der Waals surface area contributed by atoms with Gasteiger partial charge in [-0.3, -0.25) is 0 Å². The van der Waals surface area contributed by atoms with Gasteiger partial charge in [-0.2, -0.15) is 0 Å². The maximum absolute atomic E-state index is 13.8. The van der Waals surface area contributed by atoms with Crippen molar-refractivity contribution in [2.75, 3.05) is 0 Å². The molecule has 0 aliphatic carbocycles. The van der Waals surface area contributed by atoms with Crippen LogP contribution in [0.2, 0.25) is 0 Å². The molecule has 0 bridgehead atoms. The number of ether oxygens (including phenoxy) is 4. The van der Waals surface area contributed by atoms with E-state index in [0.29, 0.717) is 5.56 Å². The van der Waals surface area contributed by atoms with E-state index in [4.69, 9.17) is 18.9 Å². The van der Waals surface area contributed by atoms with Crippen molar-refractivity contribution in [3.8, 4) is 17.2 Å². The van der Waals surface area contributed by atoms with Gasteiger partial charge in [0.15, 0.2) is 0 Å². The Kier molecular flexibility index (Phi) is 9.41. The van der Waals surface area contributed by atoms with Gasteiger partial charge in [-0.05, 0) is 42.0 Å². The van der Waals surface area contributed by atoms with E-state index in [1.807, 2.05) is 6.07 Å². The molecule has 0 radical (unpaired) electrons. The summed E-state index contributed by atoms with van der Waals surface area (Å²) < 4.78 is 21.8. The minimum atomic E-state index is -2.79. The van der Waals surface area contributed by atoms with Gasteiger partial charge in [0.1, 0.15) is 23.9 Å². The molecule has 0 heterocycles. The standard InChI is InChI=1S/C33H26O8/c1-24(29(34)38-23-25-14-6-2-7-15-25)22-33(30(35)39-26-16-8-3-9-17-26,31(36)40-27-18-10-4-11-19-27)32(37)41-28-20-12-5-13-21-28/h2-21H,1,22-23H2. The molecule has 0 aromatic heterocycles. The normalized spacial score (nSPS) is 10.6. The minimum Gasteiger partial charge on any atom is -0.457 e. The van der Waals surface area contributed by atoms with Crippen LogP contribution in [0.15, 0.2) is 133 Å². The van der Waals surface area contributed by atoms with Gasteiger partial charge in [0, 0.05) is 12.0 Å². The van der Waals surface area contributed by atoms with Crippen molar-refractivity contribution in [2.45, 2.75) is 13.0 Å². The van der Waals surface area contributed by atoms with Gasteiger partial charge in [-0.25, -0.2) is 19.2 Å². The zero-order chi connectivity index (χ0) is 29.1. The van der Waals surface area contributed by atoms with Gasteiger partial charge in [0.2, 0.25) is 0 Å². The number of hydrogen-bond acceptors (Lipinski definition) is 8. The number of rotatable bonds is 11. The largest absolute Gasteiger partial charge is 0.457 e. The summed E-state index contributed by atoms with van der Waals surface area (Å²) in [7, 11) is 0. The van der Waals surface area contributed by atoms with Crippen LogP contribution in [0.1, 0.15) is 12.0 Å². The molecule has 0 fully saturated rings. The molecule has 0 aliphatic rings. The van der Waals surface area contributed by atoms with E-state index in [0.717, 1.165) is 0 Å². The van der Waals surface area contributed by atoms with Crippen molar-refractivity contribution in [3.63, 3.8) is 0 Å². The Bertz CT molecular complexity index is 1370. The first-order chi connectivity index (χ1) is 19.9. The van der Waals surface area contributed by atoms with E-state index < -0.39 is 35.7 Å². The summed E-state index contributed by atoms with van der Waals surface area (Å²) in [6, 6.07) is 32.4. The highest BCUT2D eigenvalue weighted by Gasteiger charge is 2.59. The van der Waals surface area contributed by atoms with Crippen molar-refractivity contribution in [2.24, 2.45) is 5.41 Å². The summed E-state index contributed by atoms with van der Waals surface area (Å²) in [5, 5.41) is 0. The predicted molar refractivity (Wildman–Crippen MR) is 149 cm³/mol. The van der Waals surface area contributed by atoms with Crippen molar-refractivity contribution in [1.29, 1.82) is 0 Å². The maximum Gasteiger partial charge on any atom is 0.340 e. The number of carbonyl (C=O) groups excluding carboxylic acids is 4. The maximum atomic E-state index is 13.8. The van der Waals surface area contributed by atoms with Gasteiger partial charge in [0.25, 0.3) is 5.41 Å². The van der Waals surface area contributed by atoms with Crippen LogP contribution in [-0.4, -0.2) is 23.9 Å². The Morgan fingerprint density at radius 3 is 1.24 bits per heavy atom. The summed E-state index contributed by atoms with van der Waals surface area (Å²) in [4.78, 5) is 54.4. The molecule has 0 atom stereocenters. The fourth-order valence-electron chi connectivity index (χ4n) is 3.73. The van der Waals surface area contributed by atoms with Crippen molar-refractivity contribution in [3.05, 3.63) is 139 Å². The zero-order valence-corrected chi connectivity index (χ0v) is 21.9. The lowest BCUT2D eigenvalue weighted by Crippen LogP contribution is -2.53. The molecule has 4 aromatic rings. The van der Waals surface area contributed by atoms with Crippen LogP contribution in [0.3, 0.4) is 0 Å². The summed E-state index contributed by atoms with van der Waals surface area (Å²) in [5.41, 5.74) is -2.43. The summed E-state index contributed by atoms with van der Waals surface area (Å²) >= 11 is 0. The first-order valence-corrected chi connectivity index (χ1v) is 12.6. The lowest BCUT2D eigenvalue weighted by Gasteiger charge is -2.27.